The monoisotopic (exact) mass is 434 g/mol. The molecule has 5 aromatic rings. The zero-order valence-corrected chi connectivity index (χ0v) is 16.9. The van der Waals surface area contributed by atoms with Gasteiger partial charge in [0.25, 0.3) is 5.91 Å². The van der Waals surface area contributed by atoms with Crippen molar-refractivity contribution in [3.05, 3.63) is 66.9 Å². The first-order valence-corrected chi connectivity index (χ1v) is 11.0. The highest BCUT2D eigenvalue weighted by molar-refractivity contribution is 7.90. The van der Waals surface area contributed by atoms with Gasteiger partial charge in [0.1, 0.15) is 11.2 Å². The van der Waals surface area contributed by atoms with E-state index in [-0.39, 0.29) is 22.4 Å². The maximum absolute atomic E-state index is 12.8. The van der Waals surface area contributed by atoms with E-state index in [1.54, 1.807) is 24.4 Å². The van der Waals surface area contributed by atoms with E-state index >= 15 is 0 Å². The van der Waals surface area contributed by atoms with Crippen molar-refractivity contribution >= 4 is 43.8 Å². The lowest BCUT2D eigenvalue weighted by molar-refractivity contribution is 0.0995. The van der Waals surface area contributed by atoms with Gasteiger partial charge in [-0.2, -0.15) is 4.98 Å². The summed E-state index contributed by atoms with van der Waals surface area (Å²) in [5.41, 5.74) is 2.47. The molecule has 0 radical (unpaired) electrons. The lowest BCUT2D eigenvalue weighted by Gasteiger charge is -2.03. The van der Waals surface area contributed by atoms with Crippen LogP contribution in [-0.2, 0) is 9.84 Å². The molecule has 0 aliphatic carbocycles. The van der Waals surface area contributed by atoms with Crippen LogP contribution >= 0.6 is 0 Å². The minimum Gasteiger partial charge on any atom is -0.438 e. The minimum absolute atomic E-state index is 0.00655. The van der Waals surface area contributed by atoms with Gasteiger partial charge in [-0.1, -0.05) is 18.2 Å². The van der Waals surface area contributed by atoms with Crippen molar-refractivity contribution in [3.63, 3.8) is 0 Å². The Morgan fingerprint density at radius 2 is 1.81 bits per heavy atom. The highest BCUT2D eigenvalue weighted by Crippen LogP contribution is 2.28. The van der Waals surface area contributed by atoms with Crippen LogP contribution in [0.25, 0.3) is 33.3 Å². The van der Waals surface area contributed by atoms with E-state index < -0.39 is 15.7 Å². The first-order valence-electron chi connectivity index (χ1n) is 9.10. The van der Waals surface area contributed by atoms with Crippen molar-refractivity contribution in [1.29, 1.82) is 0 Å². The normalized spacial score (nSPS) is 11.8. The first kappa shape index (κ1) is 18.9. The molecule has 3 aromatic heterocycles. The van der Waals surface area contributed by atoms with Crippen LogP contribution in [0.1, 0.15) is 10.6 Å². The third-order valence-corrected chi connectivity index (χ3v) is 5.81. The maximum Gasteiger partial charge on any atom is 0.302 e. The average Bonchev–Trinajstić information content (AvgIpc) is 3.40. The average molecular weight is 434 g/mol. The van der Waals surface area contributed by atoms with Crippen LogP contribution in [0.5, 0.6) is 0 Å². The summed E-state index contributed by atoms with van der Waals surface area (Å²) in [7, 11) is -3.33. The molecule has 10 heteroatoms. The second-order valence-electron chi connectivity index (χ2n) is 6.79. The number of pyridine rings is 1. The van der Waals surface area contributed by atoms with Gasteiger partial charge < -0.3 is 8.83 Å². The summed E-state index contributed by atoms with van der Waals surface area (Å²) < 4.78 is 34.2. The summed E-state index contributed by atoms with van der Waals surface area (Å²) in [6.45, 7) is 0. The molecule has 3 heterocycles. The SMILES string of the molecule is CS(=O)(=O)c1ccc(-c2ncoc2C(=O)Nc2nc3c(ccc4cccnc43)o2)cc1. The number of anilines is 1. The molecule has 0 unspecified atom stereocenters. The molecule has 0 bridgehead atoms. The summed E-state index contributed by atoms with van der Waals surface area (Å²) in [4.78, 5) is 25.7. The second kappa shape index (κ2) is 7.03. The standard InChI is InChI=1S/C21H14N4O5S/c1-31(27,28)14-7-4-13(5-8-14)17-19(29-11-23-17)20(26)25-21-24-18-15(30-21)9-6-12-3-2-10-22-16(12)18/h2-11H,1H3,(H,24,25,26). The highest BCUT2D eigenvalue weighted by atomic mass is 32.2. The van der Waals surface area contributed by atoms with Gasteiger partial charge in [-0.15, -0.1) is 0 Å². The summed E-state index contributed by atoms with van der Waals surface area (Å²) in [5.74, 6) is -0.666. The predicted octanol–water partition coefficient (Wildman–Crippen LogP) is 3.69. The number of hydrogen-bond acceptors (Lipinski definition) is 8. The van der Waals surface area contributed by atoms with Crippen LogP contribution in [0.2, 0.25) is 0 Å². The summed E-state index contributed by atoms with van der Waals surface area (Å²) in [6, 6.07) is 13.3. The van der Waals surface area contributed by atoms with Crippen LogP contribution in [-0.4, -0.2) is 35.5 Å². The fourth-order valence-electron chi connectivity index (χ4n) is 3.21. The third kappa shape index (κ3) is 3.42. The molecule has 0 spiro atoms. The van der Waals surface area contributed by atoms with Gasteiger partial charge >= 0.3 is 6.01 Å². The fourth-order valence-corrected chi connectivity index (χ4v) is 3.84. The van der Waals surface area contributed by atoms with Crippen molar-refractivity contribution in [2.45, 2.75) is 4.90 Å². The van der Waals surface area contributed by atoms with Gasteiger partial charge in [0.2, 0.25) is 5.76 Å². The number of hydrogen-bond donors (Lipinski definition) is 1. The quantitative estimate of drug-likeness (QED) is 0.454. The number of nitrogens with zero attached hydrogens (tertiary/aromatic N) is 3. The van der Waals surface area contributed by atoms with Crippen molar-refractivity contribution in [3.8, 4) is 11.3 Å². The van der Waals surface area contributed by atoms with Gasteiger partial charge in [0, 0.05) is 23.4 Å². The number of rotatable bonds is 4. The number of benzene rings is 2. The van der Waals surface area contributed by atoms with E-state index in [4.69, 9.17) is 8.83 Å². The van der Waals surface area contributed by atoms with Gasteiger partial charge in [-0.25, -0.2) is 13.4 Å². The zero-order valence-electron chi connectivity index (χ0n) is 16.1. The molecule has 0 saturated heterocycles. The Morgan fingerprint density at radius 3 is 2.58 bits per heavy atom. The van der Waals surface area contributed by atoms with Gasteiger partial charge in [0.15, 0.2) is 21.8 Å². The largest absolute Gasteiger partial charge is 0.438 e. The van der Waals surface area contributed by atoms with Gasteiger partial charge in [-0.3, -0.25) is 15.1 Å². The number of carbonyl (C=O) groups excluding carboxylic acids is 1. The number of amides is 1. The number of sulfone groups is 1. The topological polar surface area (TPSA) is 128 Å². The minimum atomic E-state index is -3.33. The summed E-state index contributed by atoms with van der Waals surface area (Å²) in [5, 5.41) is 3.47. The predicted molar refractivity (Wildman–Crippen MR) is 112 cm³/mol. The molecule has 0 aliphatic rings. The van der Waals surface area contributed by atoms with Crippen molar-refractivity contribution < 1.29 is 22.0 Å². The molecule has 0 saturated carbocycles. The Kier molecular flexibility index (Phi) is 4.29. The third-order valence-electron chi connectivity index (χ3n) is 4.68. The number of aromatic nitrogens is 3. The van der Waals surface area contributed by atoms with Crippen LogP contribution in [0.3, 0.4) is 0 Å². The molecule has 1 amide bonds. The molecule has 154 valence electrons. The Hall–Kier alpha value is -4.05. The number of nitrogens with one attached hydrogen (secondary N) is 1. The molecule has 0 aliphatic heterocycles. The molecular weight excluding hydrogens is 420 g/mol. The first-order chi connectivity index (χ1) is 14.9. The van der Waals surface area contributed by atoms with Crippen molar-refractivity contribution in [2.75, 3.05) is 11.6 Å². The molecule has 0 fully saturated rings. The number of oxazole rings is 2. The maximum atomic E-state index is 12.8. The Balaban J connectivity index is 1.46. The van der Waals surface area contributed by atoms with E-state index in [0.29, 0.717) is 22.2 Å². The molecule has 31 heavy (non-hydrogen) atoms. The summed E-state index contributed by atoms with van der Waals surface area (Å²) >= 11 is 0. The van der Waals surface area contributed by atoms with E-state index in [0.717, 1.165) is 18.0 Å². The van der Waals surface area contributed by atoms with Crippen molar-refractivity contribution in [1.82, 2.24) is 15.0 Å². The zero-order chi connectivity index (χ0) is 21.6. The molecular formula is C21H14N4O5S. The lowest BCUT2D eigenvalue weighted by Crippen LogP contribution is -2.12. The Bertz CT molecular complexity index is 1550. The van der Waals surface area contributed by atoms with Crippen LogP contribution in [0.15, 0.2) is 74.9 Å². The smallest absolute Gasteiger partial charge is 0.302 e. The van der Waals surface area contributed by atoms with Crippen molar-refractivity contribution in [2.24, 2.45) is 0 Å². The van der Waals surface area contributed by atoms with E-state index in [9.17, 15) is 13.2 Å². The van der Waals surface area contributed by atoms with E-state index in [1.807, 2.05) is 18.2 Å². The number of fused-ring (bicyclic) bond motifs is 3. The van der Waals surface area contributed by atoms with E-state index in [2.05, 4.69) is 20.3 Å². The molecule has 0 atom stereocenters. The molecule has 1 N–H and O–H groups in total. The lowest BCUT2D eigenvalue weighted by atomic mass is 10.1. The van der Waals surface area contributed by atoms with Gasteiger partial charge in [0.05, 0.1) is 10.4 Å². The second-order valence-corrected chi connectivity index (χ2v) is 8.80. The number of carbonyl (C=O) groups is 1. The molecule has 2 aromatic carbocycles. The Labute approximate surface area is 175 Å². The van der Waals surface area contributed by atoms with Crippen LogP contribution < -0.4 is 5.32 Å². The Morgan fingerprint density at radius 1 is 1.00 bits per heavy atom. The van der Waals surface area contributed by atoms with Crippen LogP contribution in [0, 0.1) is 0 Å². The summed E-state index contributed by atoms with van der Waals surface area (Å²) in [6.07, 6.45) is 3.92. The molecule has 9 nitrogen and oxygen atoms in total. The highest BCUT2D eigenvalue weighted by Gasteiger charge is 2.21. The fraction of sp³-hybridized carbons (Fsp3) is 0.0476. The molecule has 5 rings (SSSR count). The van der Waals surface area contributed by atoms with Gasteiger partial charge in [-0.05, 0) is 30.3 Å². The van der Waals surface area contributed by atoms with E-state index in [1.165, 1.54) is 12.1 Å². The van der Waals surface area contributed by atoms with Crippen LogP contribution in [0.4, 0.5) is 6.01 Å².